The number of carbonyl (C=O) groups is 2. The Morgan fingerprint density at radius 2 is 2.32 bits per heavy atom. The Hall–Kier alpha value is -1.95. The molecule has 1 aliphatic heterocycles. The number of quaternary nitrogens is 1. The molecule has 1 aliphatic rings. The molecular formula is C13H17N2O4+. The van der Waals surface area contributed by atoms with E-state index in [0.29, 0.717) is 18.5 Å². The second kappa shape index (κ2) is 5.36. The van der Waals surface area contributed by atoms with E-state index in [2.05, 4.69) is 4.98 Å². The van der Waals surface area contributed by atoms with Gasteiger partial charge in [0, 0.05) is 19.0 Å². The smallest absolute Gasteiger partial charge is 0.435 e. The second-order valence-corrected chi connectivity index (χ2v) is 4.74. The number of imide groups is 1. The summed E-state index contributed by atoms with van der Waals surface area (Å²) >= 11 is 0. The maximum atomic E-state index is 12.1. The van der Waals surface area contributed by atoms with Crippen LogP contribution in [0.1, 0.15) is 25.5 Å². The van der Waals surface area contributed by atoms with E-state index in [9.17, 15) is 14.7 Å². The molecule has 0 radical (unpaired) electrons. The number of aromatic nitrogens is 1. The molecule has 0 bridgehead atoms. The van der Waals surface area contributed by atoms with E-state index >= 15 is 0 Å². The van der Waals surface area contributed by atoms with Crippen molar-refractivity contribution < 1.29 is 23.9 Å². The van der Waals surface area contributed by atoms with Crippen LogP contribution in [-0.2, 0) is 11.3 Å². The molecule has 0 saturated carbocycles. The average Bonchev–Trinajstić information content (AvgIpc) is 2.80. The number of nitrogens with zero attached hydrogens (tertiary/aromatic N) is 2. The minimum absolute atomic E-state index is 0.000324. The number of pyridine rings is 1. The molecule has 19 heavy (non-hydrogen) atoms. The van der Waals surface area contributed by atoms with Crippen molar-refractivity contribution >= 4 is 12.2 Å². The first kappa shape index (κ1) is 13.5. The zero-order valence-electron chi connectivity index (χ0n) is 10.8. The topological polar surface area (TPSA) is 76.5 Å². The quantitative estimate of drug-likeness (QED) is 0.831. The zero-order chi connectivity index (χ0) is 13.9. The van der Waals surface area contributed by atoms with Crippen LogP contribution in [0.4, 0.5) is 9.59 Å². The molecule has 2 atom stereocenters. The molecule has 1 saturated heterocycles. The van der Waals surface area contributed by atoms with E-state index < -0.39 is 16.7 Å². The molecule has 102 valence electrons. The van der Waals surface area contributed by atoms with Crippen LogP contribution < -0.4 is 0 Å². The molecule has 1 unspecified atom stereocenters. The molecule has 2 rings (SSSR count). The molecule has 1 aromatic heterocycles. The van der Waals surface area contributed by atoms with Crippen molar-refractivity contribution in [2.45, 2.75) is 32.4 Å². The van der Waals surface area contributed by atoms with Gasteiger partial charge in [-0.3, -0.25) is 4.98 Å². The summed E-state index contributed by atoms with van der Waals surface area (Å²) in [6.45, 7) is 2.06. The van der Waals surface area contributed by atoms with Gasteiger partial charge in [0.05, 0.1) is 5.69 Å². The Balaban J connectivity index is 2.07. The van der Waals surface area contributed by atoms with Crippen LogP contribution in [0.2, 0.25) is 0 Å². The van der Waals surface area contributed by atoms with Crippen LogP contribution in [0.15, 0.2) is 24.4 Å². The average molecular weight is 265 g/mol. The molecule has 1 fully saturated rings. The number of rotatable bonds is 2. The highest BCUT2D eigenvalue weighted by Crippen LogP contribution is 2.29. The number of ether oxygens (including phenoxy) is 1. The number of hydrogen-bond acceptors (Lipinski definition) is 4. The van der Waals surface area contributed by atoms with Crippen molar-refractivity contribution in [3.8, 4) is 0 Å². The minimum atomic E-state index is -1.14. The summed E-state index contributed by atoms with van der Waals surface area (Å²) in [4.78, 5) is 27.6. The largest absolute Gasteiger partial charge is 0.527 e. The lowest BCUT2D eigenvalue weighted by Gasteiger charge is -2.27. The van der Waals surface area contributed by atoms with Crippen molar-refractivity contribution in [1.82, 2.24) is 4.98 Å². The van der Waals surface area contributed by atoms with Crippen molar-refractivity contribution in [1.29, 1.82) is 0 Å². The number of carbonyl (C=O) groups excluding carboxylic acids is 1. The predicted octanol–water partition coefficient (Wildman–Crippen LogP) is 2.40. The van der Waals surface area contributed by atoms with Gasteiger partial charge >= 0.3 is 12.2 Å². The lowest BCUT2D eigenvalue weighted by molar-refractivity contribution is -0.795. The summed E-state index contributed by atoms with van der Waals surface area (Å²) in [6, 6.07) is 5.02. The van der Waals surface area contributed by atoms with Crippen molar-refractivity contribution in [2.75, 3.05) is 6.54 Å². The van der Waals surface area contributed by atoms with E-state index in [1.165, 1.54) is 0 Å². The summed E-state index contributed by atoms with van der Waals surface area (Å²) in [6.07, 6.45) is 1.18. The third-order valence-electron chi connectivity index (χ3n) is 3.62. The summed E-state index contributed by atoms with van der Waals surface area (Å²) < 4.78 is 4.50. The fraction of sp³-hybridized carbons (Fsp3) is 0.462. The number of amides is 2. The lowest BCUT2D eigenvalue weighted by atomic mass is 10.2. The standard InChI is InChI=1S/C13H16N2O4/c1-10-5-4-8-15(10,12(16)17)13(18)19-9-11-6-2-3-7-14-11/h2-3,6-7,10H,4-5,8-9H2,1H3/p+1/t10-,15?/m1/s1. The predicted molar refractivity (Wildman–Crippen MR) is 66.3 cm³/mol. The monoisotopic (exact) mass is 265 g/mol. The molecule has 2 heterocycles. The summed E-state index contributed by atoms with van der Waals surface area (Å²) in [5.74, 6) is 0. The molecule has 0 aromatic carbocycles. The van der Waals surface area contributed by atoms with Gasteiger partial charge in [-0.25, -0.2) is 0 Å². The minimum Gasteiger partial charge on any atom is -0.435 e. The molecule has 0 aliphatic carbocycles. The van der Waals surface area contributed by atoms with Gasteiger partial charge in [-0.05, 0) is 19.1 Å². The fourth-order valence-electron chi connectivity index (χ4n) is 2.44. The van der Waals surface area contributed by atoms with E-state index in [4.69, 9.17) is 4.74 Å². The summed E-state index contributed by atoms with van der Waals surface area (Å²) in [5.41, 5.74) is 0.603. The molecule has 6 heteroatoms. The van der Waals surface area contributed by atoms with Crippen molar-refractivity contribution in [2.24, 2.45) is 0 Å². The highest BCUT2D eigenvalue weighted by atomic mass is 16.6. The molecule has 0 spiro atoms. The van der Waals surface area contributed by atoms with Gasteiger partial charge in [-0.15, -0.1) is 4.48 Å². The normalized spacial score (nSPS) is 26.1. The maximum absolute atomic E-state index is 12.1. The van der Waals surface area contributed by atoms with Gasteiger partial charge in [0.1, 0.15) is 19.2 Å². The number of carboxylic acid groups (broad SMARTS) is 1. The Morgan fingerprint density at radius 3 is 2.84 bits per heavy atom. The number of likely N-dealkylation sites (tertiary alicyclic amines) is 1. The Kier molecular flexibility index (Phi) is 3.80. The maximum Gasteiger partial charge on any atom is 0.527 e. The van der Waals surface area contributed by atoms with E-state index in [1.807, 2.05) is 0 Å². The highest BCUT2D eigenvalue weighted by molar-refractivity contribution is 5.75. The van der Waals surface area contributed by atoms with Gasteiger partial charge in [0.25, 0.3) is 0 Å². The third kappa shape index (κ3) is 2.44. The van der Waals surface area contributed by atoms with Gasteiger partial charge in [-0.2, -0.15) is 9.59 Å². The van der Waals surface area contributed by atoms with E-state index in [1.54, 1.807) is 31.3 Å². The van der Waals surface area contributed by atoms with Crippen LogP contribution in [0.25, 0.3) is 0 Å². The van der Waals surface area contributed by atoms with Crippen molar-refractivity contribution in [3.63, 3.8) is 0 Å². The first-order chi connectivity index (χ1) is 9.07. The van der Waals surface area contributed by atoms with Crippen LogP contribution >= 0.6 is 0 Å². The van der Waals surface area contributed by atoms with Gasteiger partial charge in [0.2, 0.25) is 0 Å². The van der Waals surface area contributed by atoms with Crippen LogP contribution in [0.5, 0.6) is 0 Å². The highest BCUT2D eigenvalue weighted by Gasteiger charge is 2.54. The van der Waals surface area contributed by atoms with Crippen LogP contribution in [0, 0.1) is 0 Å². The van der Waals surface area contributed by atoms with Crippen LogP contribution in [0.3, 0.4) is 0 Å². The summed E-state index contributed by atoms with van der Waals surface area (Å²) in [5, 5.41) is 9.36. The zero-order valence-corrected chi connectivity index (χ0v) is 10.8. The van der Waals surface area contributed by atoms with Gasteiger partial charge < -0.3 is 9.84 Å². The SMILES string of the molecule is C[C@@H]1CCC[N+]1(C(=O)O)C(=O)OCc1ccccn1. The molecule has 1 aromatic rings. The first-order valence-corrected chi connectivity index (χ1v) is 6.26. The molecular weight excluding hydrogens is 248 g/mol. The first-order valence-electron chi connectivity index (χ1n) is 6.26. The fourth-order valence-corrected chi connectivity index (χ4v) is 2.44. The van der Waals surface area contributed by atoms with Gasteiger partial charge in [0.15, 0.2) is 0 Å². The molecule has 1 N–H and O–H groups in total. The number of hydrogen-bond donors (Lipinski definition) is 1. The van der Waals surface area contributed by atoms with Crippen molar-refractivity contribution in [3.05, 3.63) is 30.1 Å². The van der Waals surface area contributed by atoms with Crippen LogP contribution in [-0.4, -0.2) is 39.3 Å². The Morgan fingerprint density at radius 1 is 1.53 bits per heavy atom. The van der Waals surface area contributed by atoms with Gasteiger partial charge in [-0.1, -0.05) is 6.07 Å². The summed E-state index contributed by atoms with van der Waals surface area (Å²) in [7, 11) is 0. The lowest BCUT2D eigenvalue weighted by Crippen LogP contribution is -2.58. The molecule has 6 nitrogen and oxygen atoms in total. The molecule has 2 amide bonds. The van der Waals surface area contributed by atoms with E-state index in [0.717, 1.165) is 0 Å². The third-order valence-corrected chi connectivity index (χ3v) is 3.62. The Labute approximate surface area is 111 Å². The Bertz CT molecular complexity index is 477. The van der Waals surface area contributed by atoms with E-state index in [-0.39, 0.29) is 19.2 Å². The second-order valence-electron chi connectivity index (χ2n) is 4.74.